The molecule has 1 aromatic heterocycles. The van der Waals surface area contributed by atoms with E-state index in [1.54, 1.807) is 0 Å². The molecule has 0 radical (unpaired) electrons. The smallest absolute Gasteiger partial charge is 0.230 e. The molecule has 0 saturated heterocycles. The molecule has 140 valence electrons. The van der Waals surface area contributed by atoms with Crippen molar-refractivity contribution in [3.05, 3.63) is 65.2 Å². The van der Waals surface area contributed by atoms with Crippen LogP contribution < -0.4 is 5.32 Å². The van der Waals surface area contributed by atoms with E-state index >= 15 is 0 Å². The molecular formula is C21H24N4OS. The van der Waals surface area contributed by atoms with Crippen LogP contribution in [0.2, 0.25) is 0 Å². The highest BCUT2D eigenvalue weighted by Crippen LogP contribution is 2.22. The average Bonchev–Trinajstić information content (AvgIpc) is 3.03. The molecule has 1 heterocycles. The highest BCUT2D eigenvalue weighted by atomic mass is 32.2. The first-order valence-corrected chi connectivity index (χ1v) is 9.88. The Balaban J connectivity index is 1.59. The summed E-state index contributed by atoms with van der Waals surface area (Å²) in [6.07, 6.45) is 0. The second-order valence-electron chi connectivity index (χ2n) is 6.65. The van der Waals surface area contributed by atoms with E-state index in [-0.39, 0.29) is 11.9 Å². The number of hydrogen-bond donors (Lipinski definition) is 1. The quantitative estimate of drug-likeness (QED) is 0.655. The second-order valence-corrected chi connectivity index (χ2v) is 7.60. The summed E-state index contributed by atoms with van der Waals surface area (Å²) in [7, 11) is 1.92. The molecule has 1 atom stereocenters. The number of hydrogen-bond acceptors (Lipinski definition) is 4. The summed E-state index contributed by atoms with van der Waals surface area (Å²) in [5.41, 5.74) is 4.61. The summed E-state index contributed by atoms with van der Waals surface area (Å²) in [5, 5.41) is 12.2. The molecule has 0 spiro atoms. The Kier molecular flexibility index (Phi) is 5.96. The van der Waals surface area contributed by atoms with Crippen molar-refractivity contribution in [2.24, 2.45) is 7.05 Å². The fourth-order valence-corrected chi connectivity index (χ4v) is 3.53. The molecule has 1 N–H and O–H groups in total. The van der Waals surface area contributed by atoms with Crippen LogP contribution in [0.3, 0.4) is 0 Å². The summed E-state index contributed by atoms with van der Waals surface area (Å²) < 4.78 is 1.92. The van der Waals surface area contributed by atoms with Crippen LogP contribution in [-0.2, 0) is 11.8 Å². The summed E-state index contributed by atoms with van der Waals surface area (Å²) in [4.78, 5) is 12.4. The van der Waals surface area contributed by atoms with E-state index in [0.29, 0.717) is 5.75 Å². The van der Waals surface area contributed by atoms with Gasteiger partial charge in [0.25, 0.3) is 0 Å². The third-order valence-electron chi connectivity index (χ3n) is 4.61. The van der Waals surface area contributed by atoms with Crippen LogP contribution in [0, 0.1) is 13.8 Å². The van der Waals surface area contributed by atoms with Crippen molar-refractivity contribution in [1.82, 2.24) is 20.1 Å². The maximum absolute atomic E-state index is 12.4. The van der Waals surface area contributed by atoms with E-state index in [4.69, 9.17) is 0 Å². The molecule has 0 fully saturated rings. The Morgan fingerprint density at radius 3 is 2.56 bits per heavy atom. The fourth-order valence-electron chi connectivity index (χ4n) is 2.81. The van der Waals surface area contributed by atoms with Gasteiger partial charge in [0.1, 0.15) is 0 Å². The molecule has 0 bridgehead atoms. The van der Waals surface area contributed by atoms with Gasteiger partial charge in [0.05, 0.1) is 11.8 Å². The number of carbonyl (C=O) groups is 1. The van der Waals surface area contributed by atoms with Gasteiger partial charge in [-0.1, -0.05) is 60.3 Å². The number of nitrogens with zero attached hydrogens (tertiary/aromatic N) is 3. The highest BCUT2D eigenvalue weighted by molar-refractivity contribution is 7.99. The van der Waals surface area contributed by atoms with Crippen LogP contribution >= 0.6 is 11.8 Å². The fraction of sp³-hybridized carbons (Fsp3) is 0.286. The first-order valence-electron chi connectivity index (χ1n) is 8.90. The molecule has 6 heteroatoms. The number of thioether (sulfide) groups is 1. The van der Waals surface area contributed by atoms with Gasteiger partial charge in [0, 0.05) is 12.6 Å². The van der Waals surface area contributed by atoms with Gasteiger partial charge < -0.3 is 9.88 Å². The van der Waals surface area contributed by atoms with Crippen molar-refractivity contribution < 1.29 is 4.79 Å². The van der Waals surface area contributed by atoms with Gasteiger partial charge in [0.2, 0.25) is 5.91 Å². The molecule has 5 nitrogen and oxygen atoms in total. The van der Waals surface area contributed by atoms with Crippen LogP contribution in [0.15, 0.2) is 53.7 Å². The topological polar surface area (TPSA) is 59.8 Å². The molecule has 0 aliphatic rings. The monoisotopic (exact) mass is 380 g/mol. The van der Waals surface area contributed by atoms with Crippen LogP contribution in [0.1, 0.15) is 29.7 Å². The molecular weight excluding hydrogens is 356 g/mol. The number of aryl methyl sites for hydroxylation is 2. The SMILES string of the molecule is Cc1ccc([C@@H](C)NC(=O)CSc2nnc(-c3ccccc3)n2C)cc1C. The lowest BCUT2D eigenvalue weighted by Gasteiger charge is -2.15. The normalized spacial score (nSPS) is 12.0. The highest BCUT2D eigenvalue weighted by Gasteiger charge is 2.14. The van der Waals surface area contributed by atoms with E-state index < -0.39 is 0 Å². The molecule has 1 amide bonds. The van der Waals surface area contributed by atoms with Gasteiger partial charge in [-0.2, -0.15) is 0 Å². The third kappa shape index (κ3) is 4.57. The first-order chi connectivity index (χ1) is 13.0. The lowest BCUT2D eigenvalue weighted by Crippen LogP contribution is -2.28. The summed E-state index contributed by atoms with van der Waals surface area (Å²) in [6, 6.07) is 16.2. The standard InChI is InChI=1S/C21H24N4OS/c1-14-10-11-18(12-15(14)2)16(3)22-19(26)13-27-21-24-23-20(25(21)4)17-8-6-5-7-9-17/h5-12,16H,13H2,1-4H3,(H,22,26)/t16-/m1/s1. The number of carbonyl (C=O) groups excluding carboxylic acids is 1. The van der Waals surface area contributed by atoms with Crippen molar-refractivity contribution >= 4 is 17.7 Å². The van der Waals surface area contributed by atoms with Gasteiger partial charge in [-0.3, -0.25) is 4.79 Å². The van der Waals surface area contributed by atoms with Crippen molar-refractivity contribution in [3.63, 3.8) is 0 Å². The summed E-state index contributed by atoms with van der Waals surface area (Å²) >= 11 is 1.39. The first kappa shape index (κ1) is 19.2. The second kappa shape index (κ2) is 8.39. The zero-order valence-corrected chi connectivity index (χ0v) is 16.9. The van der Waals surface area contributed by atoms with Crippen molar-refractivity contribution in [3.8, 4) is 11.4 Å². The van der Waals surface area contributed by atoms with Crippen LogP contribution in [0.4, 0.5) is 0 Å². The zero-order valence-electron chi connectivity index (χ0n) is 16.1. The maximum Gasteiger partial charge on any atom is 0.230 e. The Morgan fingerprint density at radius 2 is 1.85 bits per heavy atom. The van der Waals surface area contributed by atoms with Crippen molar-refractivity contribution in [2.45, 2.75) is 32.0 Å². The minimum absolute atomic E-state index is 0.0185. The molecule has 0 aliphatic heterocycles. The van der Waals surface area contributed by atoms with Crippen molar-refractivity contribution in [2.75, 3.05) is 5.75 Å². The van der Waals surface area contributed by atoms with Crippen LogP contribution in [0.5, 0.6) is 0 Å². The minimum atomic E-state index is -0.0308. The molecule has 3 aromatic rings. The number of nitrogens with one attached hydrogen (secondary N) is 1. The third-order valence-corrected chi connectivity index (χ3v) is 5.63. The predicted molar refractivity (Wildman–Crippen MR) is 110 cm³/mol. The number of amides is 1. The van der Waals surface area contributed by atoms with E-state index in [1.165, 1.54) is 22.9 Å². The van der Waals surface area contributed by atoms with Gasteiger partial charge in [-0.05, 0) is 37.5 Å². The number of benzene rings is 2. The number of rotatable bonds is 6. The minimum Gasteiger partial charge on any atom is -0.349 e. The van der Waals surface area contributed by atoms with Gasteiger partial charge >= 0.3 is 0 Å². The largest absolute Gasteiger partial charge is 0.349 e. The Bertz CT molecular complexity index is 937. The lowest BCUT2D eigenvalue weighted by atomic mass is 10.0. The van der Waals surface area contributed by atoms with Gasteiger partial charge in [-0.25, -0.2) is 0 Å². The lowest BCUT2D eigenvalue weighted by molar-refractivity contribution is -0.119. The molecule has 3 rings (SSSR count). The van der Waals surface area contributed by atoms with Crippen LogP contribution in [-0.4, -0.2) is 26.4 Å². The predicted octanol–water partition coefficient (Wildman–Crippen LogP) is 4.07. The summed E-state index contributed by atoms with van der Waals surface area (Å²) in [5.74, 6) is 1.08. The molecule has 0 unspecified atom stereocenters. The molecule has 27 heavy (non-hydrogen) atoms. The Morgan fingerprint density at radius 1 is 1.11 bits per heavy atom. The van der Waals surface area contributed by atoms with Crippen LogP contribution in [0.25, 0.3) is 11.4 Å². The summed E-state index contributed by atoms with van der Waals surface area (Å²) in [6.45, 7) is 6.17. The van der Waals surface area contributed by atoms with Gasteiger partial charge in [-0.15, -0.1) is 10.2 Å². The van der Waals surface area contributed by atoms with Crippen molar-refractivity contribution in [1.29, 1.82) is 0 Å². The van der Waals surface area contributed by atoms with E-state index in [9.17, 15) is 4.79 Å². The molecule has 0 saturated carbocycles. The van der Waals surface area contributed by atoms with Gasteiger partial charge in [0.15, 0.2) is 11.0 Å². The van der Waals surface area contributed by atoms with E-state index in [0.717, 1.165) is 22.1 Å². The molecule has 0 aliphatic carbocycles. The average molecular weight is 381 g/mol. The van der Waals surface area contributed by atoms with E-state index in [1.807, 2.05) is 48.9 Å². The number of aromatic nitrogens is 3. The Hall–Kier alpha value is -2.60. The zero-order chi connectivity index (χ0) is 19.4. The van der Waals surface area contributed by atoms with E-state index in [2.05, 4.69) is 47.6 Å². The maximum atomic E-state index is 12.4. The Labute approximate surface area is 164 Å². The molecule has 2 aromatic carbocycles.